The number of rotatable bonds is 4. The lowest BCUT2D eigenvalue weighted by Gasteiger charge is -2.12. The Balaban J connectivity index is 2.33. The summed E-state index contributed by atoms with van der Waals surface area (Å²) in [7, 11) is 1.58. The predicted molar refractivity (Wildman–Crippen MR) is 79.9 cm³/mol. The van der Waals surface area contributed by atoms with E-state index < -0.39 is 5.97 Å². The smallest absolute Gasteiger partial charge is 0.337 e. The van der Waals surface area contributed by atoms with Gasteiger partial charge in [-0.1, -0.05) is 15.9 Å². The van der Waals surface area contributed by atoms with Crippen molar-refractivity contribution in [1.29, 1.82) is 0 Å². The molecule has 1 heterocycles. The third kappa shape index (κ3) is 3.08. The van der Waals surface area contributed by atoms with Gasteiger partial charge in [0.05, 0.1) is 24.1 Å². The van der Waals surface area contributed by atoms with E-state index in [2.05, 4.69) is 26.2 Å². The molecule has 0 fully saturated rings. The van der Waals surface area contributed by atoms with Gasteiger partial charge >= 0.3 is 5.97 Å². The molecule has 0 aliphatic rings. The molecule has 20 heavy (non-hydrogen) atoms. The van der Waals surface area contributed by atoms with E-state index in [1.807, 2.05) is 18.2 Å². The molecule has 2 rings (SSSR count). The van der Waals surface area contributed by atoms with Crippen LogP contribution in [0.4, 0.5) is 11.5 Å². The van der Waals surface area contributed by atoms with Crippen molar-refractivity contribution in [2.24, 2.45) is 0 Å². The fraction of sp³-hybridized carbons (Fsp3) is 0.143. The fourth-order valence-electron chi connectivity index (χ4n) is 1.77. The second-order valence-electron chi connectivity index (χ2n) is 4.10. The van der Waals surface area contributed by atoms with E-state index in [1.54, 1.807) is 20.1 Å². The number of carbonyl (C=O) groups is 1. The van der Waals surface area contributed by atoms with Gasteiger partial charge in [0.2, 0.25) is 0 Å². The van der Waals surface area contributed by atoms with Crippen LogP contribution in [-0.2, 0) is 0 Å². The van der Waals surface area contributed by atoms with E-state index in [9.17, 15) is 4.79 Å². The highest BCUT2D eigenvalue weighted by Crippen LogP contribution is 2.30. The molecule has 0 saturated carbocycles. The molecule has 1 aromatic heterocycles. The van der Waals surface area contributed by atoms with Gasteiger partial charge in [-0.2, -0.15) is 0 Å². The number of ether oxygens (including phenoxy) is 1. The second-order valence-corrected chi connectivity index (χ2v) is 5.02. The average Bonchev–Trinajstić information content (AvgIpc) is 2.38. The van der Waals surface area contributed by atoms with E-state index in [4.69, 9.17) is 9.84 Å². The Morgan fingerprint density at radius 3 is 2.70 bits per heavy atom. The number of anilines is 2. The molecule has 6 heteroatoms. The zero-order valence-corrected chi connectivity index (χ0v) is 12.6. The number of aryl methyl sites for hydroxylation is 1. The standard InChI is InChI=1S/C14H13BrN2O3/c1-8-10(14(18)19)4-6-13(16-8)17-11-7-9(15)3-5-12(11)20-2/h3-7H,1-2H3,(H,16,17)(H,18,19). The first-order valence-electron chi connectivity index (χ1n) is 5.83. The van der Waals surface area contributed by atoms with Gasteiger partial charge in [0, 0.05) is 4.47 Å². The molecule has 5 nitrogen and oxygen atoms in total. The van der Waals surface area contributed by atoms with Crippen LogP contribution in [0.15, 0.2) is 34.8 Å². The number of hydrogen-bond acceptors (Lipinski definition) is 4. The van der Waals surface area contributed by atoms with Gasteiger partial charge in [0.15, 0.2) is 0 Å². The molecule has 1 aromatic carbocycles. The van der Waals surface area contributed by atoms with E-state index in [0.717, 1.165) is 10.2 Å². The molecule has 104 valence electrons. The maximum atomic E-state index is 10.9. The molecular weight excluding hydrogens is 324 g/mol. The quantitative estimate of drug-likeness (QED) is 0.892. The van der Waals surface area contributed by atoms with E-state index in [1.165, 1.54) is 6.07 Å². The fourth-order valence-corrected chi connectivity index (χ4v) is 2.13. The Morgan fingerprint density at radius 2 is 2.10 bits per heavy atom. The molecule has 0 bridgehead atoms. The van der Waals surface area contributed by atoms with Gasteiger partial charge in [0.25, 0.3) is 0 Å². The first-order chi connectivity index (χ1) is 9.51. The number of benzene rings is 1. The number of carboxylic acid groups (broad SMARTS) is 1. The largest absolute Gasteiger partial charge is 0.495 e. The molecule has 2 N–H and O–H groups in total. The van der Waals surface area contributed by atoms with Crippen LogP contribution in [0.5, 0.6) is 5.75 Å². The van der Waals surface area contributed by atoms with E-state index in [0.29, 0.717) is 17.3 Å². The third-order valence-corrected chi connectivity index (χ3v) is 3.23. The molecule has 0 spiro atoms. The Bertz CT molecular complexity index is 659. The highest BCUT2D eigenvalue weighted by atomic mass is 79.9. The van der Waals surface area contributed by atoms with Crippen molar-refractivity contribution in [3.8, 4) is 5.75 Å². The van der Waals surface area contributed by atoms with Crippen molar-refractivity contribution < 1.29 is 14.6 Å². The lowest BCUT2D eigenvalue weighted by Crippen LogP contribution is -2.04. The number of methoxy groups -OCH3 is 1. The molecule has 0 radical (unpaired) electrons. The lowest BCUT2D eigenvalue weighted by molar-refractivity contribution is 0.0695. The van der Waals surface area contributed by atoms with Crippen LogP contribution < -0.4 is 10.1 Å². The van der Waals surface area contributed by atoms with Crippen molar-refractivity contribution in [2.45, 2.75) is 6.92 Å². The average molecular weight is 337 g/mol. The minimum absolute atomic E-state index is 0.191. The summed E-state index contributed by atoms with van der Waals surface area (Å²) in [5.74, 6) is 0.250. The molecule has 0 amide bonds. The normalized spacial score (nSPS) is 10.2. The summed E-state index contributed by atoms with van der Waals surface area (Å²) < 4.78 is 6.16. The lowest BCUT2D eigenvalue weighted by atomic mass is 10.2. The summed E-state index contributed by atoms with van der Waals surface area (Å²) in [6.07, 6.45) is 0. The number of carboxylic acids is 1. The number of nitrogens with zero attached hydrogens (tertiary/aromatic N) is 1. The number of aromatic nitrogens is 1. The summed E-state index contributed by atoms with van der Waals surface area (Å²) in [6.45, 7) is 1.66. The minimum Gasteiger partial charge on any atom is -0.495 e. The zero-order valence-electron chi connectivity index (χ0n) is 11.0. The zero-order chi connectivity index (χ0) is 14.7. The van der Waals surface area contributed by atoms with Crippen LogP contribution in [0, 0.1) is 6.92 Å². The Labute approximate surface area is 124 Å². The second kappa shape index (κ2) is 5.92. The van der Waals surface area contributed by atoms with Crippen molar-refractivity contribution in [3.63, 3.8) is 0 Å². The van der Waals surface area contributed by atoms with Crippen LogP contribution in [0.25, 0.3) is 0 Å². The van der Waals surface area contributed by atoms with Gasteiger partial charge in [0.1, 0.15) is 11.6 Å². The van der Waals surface area contributed by atoms with Crippen LogP contribution in [0.2, 0.25) is 0 Å². The SMILES string of the molecule is COc1ccc(Br)cc1Nc1ccc(C(=O)O)c(C)n1. The number of pyridine rings is 1. The molecule has 0 aliphatic heterocycles. The minimum atomic E-state index is -0.985. The summed E-state index contributed by atoms with van der Waals surface area (Å²) >= 11 is 3.39. The molecule has 2 aromatic rings. The van der Waals surface area contributed by atoms with Crippen molar-refractivity contribution in [1.82, 2.24) is 4.98 Å². The summed E-state index contributed by atoms with van der Waals surface area (Å²) in [5, 5.41) is 12.1. The third-order valence-electron chi connectivity index (χ3n) is 2.74. The molecule has 0 aliphatic carbocycles. The van der Waals surface area contributed by atoms with Crippen molar-refractivity contribution in [2.75, 3.05) is 12.4 Å². The van der Waals surface area contributed by atoms with Crippen LogP contribution >= 0.6 is 15.9 Å². The van der Waals surface area contributed by atoms with Crippen molar-refractivity contribution in [3.05, 3.63) is 46.1 Å². The van der Waals surface area contributed by atoms with Crippen molar-refractivity contribution >= 4 is 33.4 Å². The van der Waals surface area contributed by atoms with Crippen LogP contribution in [0.3, 0.4) is 0 Å². The topological polar surface area (TPSA) is 71.5 Å². The van der Waals surface area contributed by atoms with E-state index in [-0.39, 0.29) is 5.56 Å². The first kappa shape index (κ1) is 14.3. The molecule has 0 saturated heterocycles. The predicted octanol–water partition coefficient (Wildman–Crippen LogP) is 3.60. The highest BCUT2D eigenvalue weighted by molar-refractivity contribution is 9.10. The Hall–Kier alpha value is -2.08. The number of aromatic carboxylic acids is 1. The summed E-state index contributed by atoms with van der Waals surface area (Å²) in [6, 6.07) is 8.70. The van der Waals surface area contributed by atoms with Gasteiger partial charge < -0.3 is 15.2 Å². The monoisotopic (exact) mass is 336 g/mol. The van der Waals surface area contributed by atoms with Gasteiger partial charge in [-0.25, -0.2) is 9.78 Å². The maximum Gasteiger partial charge on any atom is 0.337 e. The summed E-state index contributed by atoms with van der Waals surface area (Å²) in [4.78, 5) is 15.2. The van der Waals surface area contributed by atoms with Gasteiger partial charge in [-0.3, -0.25) is 0 Å². The number of halogens is 1. The Kier molecular flexibility index (Phi) is 4.24. The van der Waals surface area contributed by atoms with Crippen LogP contribution in [0.1, 0.15) is 16.1 Å². The Morgan fingerprint density at radius 1 is 1.35 bits per heavy atom. The number of nitrogens with one attached hydrogen (secondary N) is 1. The van der Waals surface area contributed by atoms with E-state index >= 15 is 0 Å². The number of hydrogen-bond donors (Lipinski definition) is 2. The van der Waals surface area contributed by atoms with Gasteiger partial charge in [-0.05, 0) is 37.3 Å². The van der Waals surface area contributed by atoms with Gasteiger partial charge in [-0.15, -0.1) is 0 Å². The van der Waals surface area contributed by atoms with Crippen LogP contribution in [-0.4, -0.2) is 23.2 Å². The first-order valence-corrected chi connectivity index (χ1v) is 6.62. The molecular formula is C14H13BrN2O3. The molecule has 0 atom stereocenters. The molecule has 0 unspecified atom stereocenters. The highest BCUT2D eigenvalue weighted by Gasteiger charge is 2.10. The maximum absolute atomic E-state index is 10.9. The summed E-state index contributed by atoms with van der Waals surface area (Å²) in [5.41, 5.74) is 1.39.